The van der Waals surface area contributed by atoms with Gasteiger partial charge in [0.25, 0.3) is 0 Å². The highest BCUT2D eigenvalue weighted by Crippen LogP contribution is 2.36. The second-order valence-electron chi connectivity index (χ2n) is 6.36. The molecule has 3 rings (SSSR count). The van der Waals surface area contributed by atoms with E-state index in [1.807, 2.05) is 27.7 Å². The number of rotatable bonds is 1. The van der Waals surface area contributed by atoms with Gasteiger partial charge in [-0.2, -0.15) is 0 Å². The Kier molecular flexibility index (Phi) is 3.01. The van der Waals surface area contributed by atoms with Crippen LogP contribution in [0.3, 0.4) is 0 Å². The lowest BCUT2D eigenvalue weighted by Crippen LogP contribution is -2.41. The van der Waals surface area contributed by atoms with Gasteiger partial charge in [-0.25, -0.2) is 4.39 Å². The van der Waals surface area contributed by atoms with Gasteiger partial charge >= 0.3 is 7.12 Å². The fraction of sp³-hybridized carbons (Fsp3) is 0.400. The Labute approximate surface area is 122 Å². The van der Waals surface area contributed by atoms with Crippen molar-refractivity contribution in [2.75, 3.05) is 0 Å². The van der Waals surface area contributed by atoms with E-state index in [2.05, 4.69) is 4.98 Å². The second kappa shape index (κ2) is 4.42. The first-order chi connectivity index (χ1) is 9.71. The Morgan fingerprint density at radius 1 is 1.14 bits per heavy atom. The van der Waals surface area contributed by atoms with Gasteiger partial charge in [-0.1, -0.05) is 0 Å². The van der Waals surface area contributed by atoms with Gasteiger partial charge in [-0.05, 0) is 45.3 Å². The third-order valence-electron chi connectivity index (χ3n) is 4.37. The van der Waals surface area contributed by atoms with Crippen LogP contribution < -0.4 is 10.9 Å². The van der Waals surface area contributed by atoms with E-state index in [-0.39, 0.29) is 10.9 Å². The molecule has 0 bridgehead atoms. The van der Waals surface area contributed by atoms with E-state index < -0.39 is 24.1 Å². The van der Waals surface area contributed by atoms with Gasteiger partial charge < -0.3 is 14.3 Å². The van der Waals surface area contributed by atoms with Crippen molar-refractivity contribution in [2.24, 2.45) is 0 Å². The van der Waals surface area contributed by atoms with Crippen LogP contribution in [0.25, 0.3) is 10.9 Å². The van der Waals surface area contributed by atoms with E-state index in [1.165, 1.54) is 18.3 Å². The zero-order chi connectivity index (χ0) is 15.4. The number of hydrogen-bond donors (Lipinski definition) is 1. The summed E-state index contributed by atoms with van der Waals surface area (Å²) in [6.45, 7) is 7.71. The zero-order valence-electron chi connectivity index (χ0n) is 12.5. The summed E-state index contributed by atoms with van der Waals surface area (Å²) in [5, 5.41) is 0.294. The van der Waals surface area contributed by atoms with Crippen LogP contribution in [0, 0.1) is 5.82 Å². The van der Waals surface area contributed by atoms with E-state index in [1.54, 1.807) is 6.07 Å². The molecular weight excluding hydrogens is 272 g/mol. The first kappa shape index (κ1) is 14.3. The molecule has 1 aliphatic heterocycles. The number of hydrogen-bond acceptors (Lipinski definition) is 3. The minimum Gasteiger partial charge on any atom is -0.399 e. The van der Waals surface area contributed by atoms with Crippen LogP contribution in [-0.2, 0) is 9.31 Å². The summed E-state index contributed by atoms with van der Waals surface area (Å²) in [6, 6.07) is 4.34. The molecule has 4 nitrogen and oxygen atoms in total. The largest absolute Gasteiger partial charge is 0.494 e. The van der Waals surface area contributed by atoms with Crippen molar-refractivity contribution in [1.29, 1.82) is 0 Å². The number of nitrogens with one attached hydrogen (secondary N) is 1. The van der Waals surface area contributed by atoms with Crippen LogP contribution in [0.4, 0.5) is 4.39 Å². The Morgan fingerprint density at radius 2 is 1.76 bits per heavy atom. The average molecular weight is 289 g/mol. The van der Waals surface area contributed by atoms with Crippen molar-refractivity contribution in [3.05, 3.63) is 40.4 Å². The molecule has 1 aromatic carbocycles. The third-order valence-corrected chi connectivity index (χ3v) is 4.37. The maximum Gasteiger partial charge on any atom is 0.494 e. The lowest BCUT2D eigenvalue weighted by molar-refractivity contribution is 0.00578. The second-order valence-corrected chi connectivity index (χ2v) is 6.36. The summed E-state index contributed by atoms with van der Waals surface area (Å²) < 4.78 is 26.0. The molecule has 2 aromatic rings. The zero-order valence-corrected chi connectivity index (χ0v) is 12.5. The molecule has 0 amide bonds. The topological polar surface area (TPSA) is 51.3 Å². The lowest BCUT2D eigenvalue weighted by atomic mass is 9.78. The Bertz CT molecular complexity index is 753. The molecule has 6 heteroatoms. The summed E-state index contributed by atoms with van der Waals surface area (Å²) in [4.78, 5) is 14.6. The summed E-state index contributed by atoms with van der Waals surface area (Å²) in [7, 11) is -0.687. The predicted octanol–water partition coefficient (Wildman–Crippen LogP) is 1.97. The summed E-state index contributed by atoms with van der Waals surface area (Å²) >= 11 is 0. The van der Waals surface area contributed by atoms with E-state index >= 15 is 0 Å². The maximum absolute atomic E-state index is 14.2. The number of aromatic amines is 1. The molecule has 110 valence electrons. The SMILES string of the molecule is CC1(C)OB(c2cc(F)c3[nH]ccc(=O)c3c2)OC1(C)C. The average Bonchev–Trinajstić information content (AvgIpc) is 2.60. The van der Waals surface area contributed by atoms with Crippen molar-refractivity contribution in [1.82, 2.24) is 4.98 Å². The standard InChI is InChI=1S/C15H17BFNO3/c1-14(2)15(3,4)21-16(20-14)9-7-10-12(19)5-6-18-13(10)11(17)8-9/h5-8H,1-4H3,(H,18,19). The molecule has 2 heterocycles. The highest BCUT2D eigenvalue weighted by atomic mass is 19.1. The third kappa shape index (κ3) is 2.19. The molecule has 0 atom stereocenters. The first-order valence-electron chi connectivity index (χ1n) is 6.88. The Balaban J connectivity index is 2.11. The maximum atomic E-state index is 14.2. The first-order valence-corrected chi connectivity index (χ1v) is 6.88. The molecule has 1 aliphatic rings. The minimum atomic E-state index is -0.687. The number of H-pyrrole nitrogens is 1. The predicted molar refractivity (Wildman–Crippen MR) is 80.2 cm³/mol. The molecule has 0 unspecified atom stereocenters. The Hall–Kier alpha value is -1.66. The number of fused-ring (bicyclic) bond motifs is 1. The van der Waals surface area contributed by atoms with E-state index in [4.69, 9.17) is 9.31 Å². The summed E-state index contributed by atoms with van der Waals surface area (Å²) in [5.74, 6) is -0.491. The van der Waals surface area contributed by atoms with E-state index in [9.17, 15) is 9.18 Å². The van der Waals surface area contributed by atoms with Crippen LogP contribution in [0.2, 0.25) is 0 Å². The monoisotopic (exact) mass is 289 g/mol. The molecule has 1 saturated heterocycles. The number of halogens is 1. The van der Waals surface area contributed by atoms with Gasteiger partial charge in [-0.3, -0.25) is 4.79 Å². The van der Waals surface area contributed by atoms with Crippen molar-refractivity contribution < 1.29 is 13.7 Å². The van der Waals surface area contributed by atoms with Gasteiger partial charge in [0.1, 0.15) is 5.82 Å². The van der Waals surface area contributed by atoms with Crippen molar-refractivity contribution >= 4 is 23.5 Å². The number of benzene rings is 1. The van der Waals surface area contributed by atoms with E-state index in [0.717, 1.165) is 0 Å². The minimum absolute atomic E-state index is 0.197. The quantitative estimate of drug-likeness (QED) is 0.817. The smallest absolute Gasteiger partial charge is 0.399 e. The van der Waals surface area contributed by atoms with Crippen molar-refractivity contribution in [3.63, 3.8) is 0 Å². The fourth-order valence-corrected chi connectivity index (χ4v) is 2.37. The highest BCUT2D eigenvalue weighted by molar-refractivity contribution is 6.62. The number of pyridine rings is 1. The molecule has 1 fully saturated rings. The Morgan fingerprint density at radius 3 is 2.38 bits per heavy atom. The molecule has 1 aromatic heterocycles. The van der Waals surface area contributed by atoms with E-state index in [0.29, 0.717) is 10.8 Å². The van der Waals surface area contributed by atoms with Crippen molar-refractivity contribution in [2.45, 2.75) is 38.9 Å². The van der Waals surface area contributed by atoms with Crippen LogP contribution in [0.1, 0.15) is 27.7 Å². The molecular formula is C15H17BFNO3. The van der Waals surface area contributed by atoms with Gasteiger partial charge in [-0.15, -0.1) is 0 Å². The van der Waals surface area contributed by atoms with Crippen LogP contribution >= 0.6 is 0 Å². The molecule has 0 saturated carbocycles. The lowest BCUT2D eigenvalue weighted by Gasteiger charge is -2.32. The summed E-state index contributed by atoms with van der Waals surface area (Å²) in [6.07, 6.45) is 1.43. The normalized spacial score (nSPS) is 20.1. The summed E-state index contributed by atoms with van der Waals surface area (Å²) in [5.41, 5.74) is -0.544. The van der Waals surface area contributed by atoms with Crippen LogP contribution in [0.15, 0.2) is 29.2 Å². The highest BCUT2D eigenvalue weighted by Gasteiger charge is 2.51. The molecule has 21 heavy (non-hydrogen) atoms. The molecule has 1 N–H and O–H groups in total. The molecule has 0 aliphatic carbocycles. The van der Waals surface area contributed by atoms with Gasteiger partial charge in [0.15, 0.2) is 5.43 Å². The van der Waals surface area contributed by atoms with Crippen molar-refractivity contribution in [3.8, 4) is 0 Å². The number of aromatic nitrogens is 1. The van der Waals surface area contributed by atoms with Crippen LogP contribution in [0.5, 0.6) is 0 Å². The van der Waals surface area contributed by atoms with Gasteiger partial charge in [0, 0.05) is 17.6 Å². The molecule has 0 radical (unpaired) electrons. The van der Waals surface area contributed by atoms with Crippen LogP contribution in [-0.4, -0.2) is 23.3 Å². The fourth-order valence-electron chi connectivity index (χ4n) is 2.37. The molecule has 0 spiro atoms. The van der Waals surface area contributed by atoms with Gasteiger partial charge in [0.2, 0.25) is 0 Å². The van der Waals surface area contributed by atoms with Gasteiger partial charge in [0.05, 0.1) is 16.7 Å².